The first kappa shape index (κ1) is 15.5. The van der Waals surface area contributed by atoms with Crippen LogP contribution in [0.2, 0.25) is 5.02 Å². The van der Waals surface area contributed by atoms with Crippen LogP contribution in [0.15, 0.2) is 24.3 Å². The molecule has 0 fully saturated rings. The summed E-state index contributed by atoms with van der Waals surface area (Å²) < 4.78 is 5.12. The quantitative estimate of drug-likeness (QED) is 0.693. The highest BCUT2D eigenvalue weighted by Crippen LogP contribution is 2.21. The molecule has 1 N–H and O–H groups in total. The maximum atomic E-state index is 6.22. The van der Waals surface area contributed by atoms with Crippen LogP contribution in [-0.4, -0.2) is 26.8 Å². The van der Waals surface area contributed by atoms with Gasteiger partial charge in [-0.15, -0.1) is 0 Å². The van der Waals surface area contributed by atoms with Gasteiger partial charge in [-0.2, -0.15) is 0 Å². The molecule has 0 bridgehead atoms. The summed E-state index contributed by atoms with van der Waals surface area (Å²) in [6, 6.07) is 8.13. The molecule has 0 saturated heterocycles. The van der Waals surface area contributed by atoms with E-state index in [1.54, 1.807) is 7.11 Å². The number of halogens is 1. The van der Waals surface area contributed by atoms with Gasteiger partial charge in [0, 0.05) is 18.7 Å². The third-order valence-electron chi connectivity index (χ3n) is 3.11. The average Bonchev–Trinajstić information content (AvgIpc) is 2.38. The minimum absolute atomic E-state index is 0.625. The first-order valence-corrected chi connectivity index (χ1v) is 7.08. The molecule has 0 aliphatic heterocycles. The van der Waals surface area contributed by atoms with E-state index < -0.39 is 0 Å². The Bertz CT molecular complexity index is 330. The second-order valence-corrected chi connectivity index (χ2v) is 5.01. The van der Waals surface area contributed by atoms with E-state index in [4.69, 9.17) is 16.3 Å². The Morgan fingerprint density at radius 2 is 2.11 bits per heavy atom. The first-order valence-electron chi connectivity index (χ1n) is 6.71. The number of rotatable bonds is 9. The monoisotopic (exact) mass is 269 g/mol. The molecule has 1 aromatic carbocycles. The Morgan fingerprint density at radius 3 is 2.78 bits per heavy atom. The zero-order chi connectivity index (χ0) is 13.2. The van der Waals surface area contributed by atoms with Crippen molar-refractivity contribution in [1.82, 2.24) is 5.32 Å². The summed E-state index contributed by atoms with van der Waals surface area (Å²) in [5, 5.41) is 4.31. The van der Waals surface area contributed by atoms with Crippen molar-refractivity contribution in [2.24, 2.45) is 5.92 Å². The molecule has 0 amide bonds. The van der Waals surface area contributed by atoms with Crippen LogP contribution in [-0.2, 0) is 11.2 Å². The van der Waals surface area contributed by atoms with Crippen molar-refractivity contribution in [1.29, 1.82) is 0 Å². The third-order valence-corrected chi connectivity index (χ3v) is 3.48. The number of methoxy groups -OCH3 is 1. The first-order chi connectivity index (χ1) is 8.77. The molecule has 0 saturated carbocycles. The minimum Gasteiger partial charge on any atom is -0.385 e. The zero-order valence-electron chi connectivity index (χ0n) is 11.4. The number of nitrogens with one attached hydrogen (secondary N) is 1. The van der Waals surface area contributed by atoms with E-state index in [1.807, 2.05) is 12.1 Å². The Kier molecular flexibility index (Phi) is 8.06. The number of hydrogen-bond donors (Lipinski definition) is 1. The molecule has 0 aromatic heterocycles. The van der Waals surface area contributed by atoms with Crippen LogP contribution >= 0.6 is 11.6 Å². The lowest BCUT2D eigenvalue weighted by Crippen LogP contribution is -2.24. The molecule has 1 atom stereocenters. The van der Waals surface area contributed by atoms with Crippen LogP contribution in [0.4, 0.5) is 0 Å². The van der Waals surface area contributed by atoms with E-state index in [-0.39, 0.29) is 0 Å². The normalized spacial score (nSPS) is 12.6. The molecule has 2 nitrogen and oxygen atoms in total. The maximum absolute atomic E-state index is 6.22. The molecule has 1 rings (SSSR count). The molecule has 0 heterocycles. The zero-order valence-corrected chi connectivity index (χ0v) is 12.2. The summed E-state index contributed by atoms with van der Waals surface area (Å²) in [6.07, 6.45) is 3.32. The van der Waals surface area contributed by atoms with E-state index in [9.17, 15) is 0 Å². The molecule has 3 heteroatoms. The Balaban J connectivity index is 2.51. The van der Waals surface area contributed by atoms with Gasteiger partial charge in [0.2, 0.25) is 0 Å². The van der Waals surface area contributed by atoms with Gasteiger partial charge < -0.3 is 10.1 Å². The second kappa shape index (κ2) is 9.37. The van der Waals surface area contributed by atoms with Crippen molar-refractivity contribution in [2.45, 2.75) is 26.2 Å². The van der Waals surface area contributed by atoms with Crippen LogP contribution in [0.5, 0.6) is 0 Å². The predicted octanol–water partition coefficient (Wildman–Crippen LogP) is 3.53. The Labute approximate surface area is 116 Å². The molecule has 18 heavy (non-hydrogen) atoms. The van der Waals surface area contributed by atoms with Crippen LogP contribution in [0.3, 0.4) is 0 Å². The van der Waals surface area contributed by atoms with Crippen molar-refractivity contribution < 1.29 is 4.74 Å². The van der Waals surface area contributed by atoms with E-state index in [1.165, 1.54) is 12.0 Å². The number of benzene rings is 1. The van der Waals surface area contributed by atoms with Crippen molar-refractivity contribution >= 4 is 11.6 Å². The van der Waals surface area contributed by atoms with Gasteiger partial charge in [0.05, 0.1) is 0 Å². The lowest BCUT2D eigenvalue weighted by atomic mass is 9.94. The smallest absolute Gasteiger partial charge is 0.0462 e. The van der Waals surface area contributed by atoms with E-state index >= 15 is 0 Å². The lowest BCUT2D eigenvalue weighted by molar-refractivity contribution is 0.186. The number of ether oxygens (including phenoxy) is 1. The molecule has 102 valence electrons. The van der Waals surface area contributed by atoms with E-state index in [0.29, 0.717) is 5.92 Å². The molecular formula is C15H24ClNO. The van der Waals surface area contributed by atoms with Gasteiger partial charge in [0.25, 0.3) is 0 Å². The fraction of sp³-hybridized carbons (Fsp3) is 0.600. The third kappa shape index (κ3) is 5.85. The van der Waals surface area contributed by atoms with E-state index in [0.717, 1.165) is 37.6 Å². The summed E-state index contributed by atoms with van der Waals surface area (Å²) in [7, 11) is 1.76. The summed E-state index contributed by atoms with van der Waals surface area (Å²) in [5.41, 5.74) is 1.25. The molecule has 0 spiro atoms. The predicted molar refractivity (Wildman–Crippen MR) is 78.3 cm³/mol. The number of hydrogen-bond acceptors (Lipinski definition) is 2. The highest BCUT2D eigenvalue weighted by atomic mass is 35.5. The lowest BCUT2D eigenvalue weighted by Gasteiger charge is -2.18. The Morgan fingerprint density at radius 1 is 1.33 bits per heavy atom. The molecule has 0 aliphatic carbocycles. The Hall–Kier alpha value is -0.570. The second-order valence-electron chi connectivity index (χ2n) is 4.60. The van der Waals surface area contributed by atoms with E-state index in [2.05, 4.69) is 24.4 Å². The molecular weight excluding hydrogens is 246 g/mol. The fourth-order valence-corrected chi connectivity index (χ4v) is 2.33. The van der Waals surface area contributed by atoms with Crippen molar-refractivity contribution in [3.8, 4) is 0 Å². The van der Waals surface area contributed by atoms with Crippen molar-refractivity contribution in [3.05, 3.63) is 34.9 Å². The van der Waals surface area contributed by atoms with Gasteiger partial charge >= 0.3 is 0 Å². The summed E-state index contributed by atoms with van der Waals surface area (Å²) in [4.78, 5) is 0. The topological polar surface area (TPSA) is 21.3 Å². The minimum atomic E-state index is 0.625. The van der Waals surface area contributed by atoms with Gasteiger partial charge in [-0.3, -0.25) is 0 Å². The standard InChI is InChI=1S/C15H24ClNO/c1-3-17-12-13(7-6-10-18-2)11-14-8-4-5-9-15(14)16/h4-5,8-9,13,17H,3,6-7,10-12H2,1-2H3. The van der Waals surface area contributed by atoms with Crippen LogP contribution in [0, 0.1) is 5.92 Å². The molecule has 1 unspecified atom stereocenters. The molecule has 0 aliphatic rings. The van der Waals surface area contributed by atoms with Gasteiger partial charge in [-0.1, -0.05) is 36.7 Å². The SMILES string of the molecule is CCNCC(CCCOC)Cc1ccccc1Cl. The van der Waals surface area contributed by atoms with Crippen LogP contribution < -0.4 is 5.32 Å². The van der Waals surface area contributed by atoms with Crippen molar-refractivity contribution in [3.63, 3.8) is 0 Å². The molecule has 0 radical (unpaired) electrons. The van der Waals surface area contributed by atoms with Gasteiger partial charge in [0.1, 0.15) is 0 Å². The van der Waals surface area contributed by atoms with Crippen LogP contribution in [0.1, 0.15) is 25.3 Å². The highest BCUT2D eigenvalue weighted by molar-refractivity contribution is 6.31. The van der Waals surface area contributed by atoms with Crippen LogP contribution in [0.25, 0.3) is 0 Å². The average molecular weight is 270 g/mol. The largest absolute Gasteiger partial charge is 0.385 e. The highest BCUT2D eigenvalue weighted by Gasteiger charge is 2.11. The summed E-state index contributed by atoms with van der Waals surface area (Å²) >= 11 is 6.22. The molecule has 1 aromatic rings. The summed E-state index contributed by atoms with van der Waals surface area (Å²) in [6.45, 7) is 5.04. The maximum Gasteiger partial charge on any atom is 0.0462 e. The van der Waals surface area contributed by atoms with Gasteiger partial charge in [0.15, 0.2) is 0 Å². The summed E-state index contributed by atoms with van der Waals surface area (Å²) in [5.74, 6) is 0.625. The fourth-order valence-electron chi connectivity index (χ4n) is 2.12. The van der Waals surface area contributed by atoms with Crippen molar-refractivity contribution in [2.75, 3.05) is 26.8 Å². The van der Waals surface area contributed by atoms with Gasteiger partial charge in [-0.05, 0) is 49.9 Å². The van der Waals surface area contributed by atoms with Gasteiger partial charge in [-0.25, -0.2) is 0 Å².